The predicted molar refractivity (Wildman–Crippen MR) is 117 cm³/mol. The maximum absolute atomic E-state index is 12.5. The molecule has 29 heavy (non-hydrogen) atoms. The predicted octanol–water partition coefficient (Wildman–Crippen LogP) is 4.28. The van der Waals surface area contributed by atoms with Gasteiger partial charge in [0.1, 0.15) is 0 Å². The quantitative estimate of drug-likeness (QED) is 0.602. The minimum absolute atomic E-state index is 0.0760. The smallest absolute Gasteiger partial charge is 0.240 e. The fraction of sp³-hybridized carbons (Fsp3) is 0.429. The van der Waals surface area contributed by atoms with Crippen molar-refractivity contribution in [1.29, 1.82) is 0 Å². The number of sulfonamides is 1. The van der Waals surface area contributed by atoms with E-state index in [0.29, 0.717) is 23.3 Å². The van der Waals surface area contributed by atoms with Gasteiger partial charge in [-0.1, -0.05) is 42.3 Å². The molecule has 1 atom stereocenters. The van der Waals surface area contributed by atoms with E-state index in [2.05, 4.69) is 9.62 Å². The summed E-state index contributed by atoms with van der Waals surface area (Å²) in [5, 5.41) is 1.27. The molecule has 3 rings (SSSR count). The van der Waals surface area contributed by atoms with Gasteiger partial charge in [0.25, 0.3) is 0 Å². The molecule has 0 saturated heterocycles. The van der Waals surface area contributed by atoms with E-state index < -0.39 is 10.0 Å². The number of rotatable bonds is 8. The summed E-state index contributed by atoms with van der Waals surface area (Å²) >= 11 is 12.7. The first-order chi connectivity index (χ1) is 13.8. The van der Waals surface area contributed by atoms with E-state index in [0.717, 1.165) is 36.2 Å². The van der Waals surface area contributed by atoms with Gasteiger partial charge in [-0.15, -0.1) is 0 Å². The number of nitrogens with zero attached hydrogens (tertiary/aromatic N) is 1. The third kappa shape index (κ3) is 5.51. The second-order valence-electron chi connectivity index (χ2n) is 7.28. The molecular formula is C21H26Cl2N2O3S. The molecule has 0 aromatic heterocycles. The van der Waals surface area contributed by atoms with E-state index in [1.807, 2.05) is 32.2 Å². The van der Waals surface area contributed by atoms with Crippen LogP contribution in [0.15, 0.2) is 41.3 Å². The highest BCUT2D eigenvalue weighted by atomic mass is 35.5. The largest absolute Gasteiger partial charge is 0.380 e. The summed E-state index contributed by atoms with van der Waals surface area (Å²) in [5.41, 5.74) is 3.20. The molecule has 1 N–H and O–H groups in total. The molecule has 0 amide bonds. The molecule has 0 fully saturated rings. The van der Waals surface area contributed by atoms with Gasteiger partial charge >= 0.3 is 0 Å². The van der Waals surface area contributed by atoms with Crippen LogP contribution in [0, 0.1) is 0 Å². The van der Waals surface area contributed by atoms with Crippen molar-refractivity contribution >= 4 is 33.2 Å². The Bertz CT molecular complexity index is 949. The van der Waals surface area contributed by atoms with Crippen molar-refractivity contribution in [1.82, 2.24) is 9.62 Å². The zero-order chi connectivity index (χ0) is 21.0. The van der Waals surface area contributed by atoms with Gasteiger partial charge in [-0.2, -0.15) is 0 Å². The summed E-state index contributed by atoms with van der Waals surface area (Å²) in [5.74, 6) is 0.0760. The molecule has 0 saturated carbocycles. The van der Waals surface area contributed by atoms with Crippen LogP contribution in [0.3, 0.4) is 0 Å². The molecule has 1 aliphatic heterocycles. The van der Waals surface area contributed by atoms with Crippen molar-refractivity contribution < 1.29 is 13.2 Å². The minimum atomic E-state index is -3.56. The topological polar surface area (TPSA) is 58.6 Å². The van der Waals surface area contributed by atoms with E-state index >= 15 is 0 Å². The highest BCUT2D eigenvalue weighted by molar-refractivity contribution is 7.89. The third-order valence-electron chi connectivity index (χ3n) is 4.97. The van der Waals surface area contributed by atoms with E-state index in [9.17, 15) is 8.42 Å². The van der Waals surface area contributed by atoms with Crippen LogP contribution in [0.1, 0.15) is 36.0 Å². The van der Waals surface area contributed by atoms with Crippen LogP contribution in [-0.2, 0) is 21.3 Å². The maximum atomic E-state index is 12.5. The average Bonchev–Trinajstić information content (AvgIpc) is 2.68. The standard InChI is InChI=1S/C21H26Cl2N2O3S/c1-3-9-28-10-8-24-29(26,27)17-6-4-15(5-7-17)19-13-25(2)14-20-18(19)11-16(22)12-21(20)23/h4-7,11-12,19,24H,3,8-10,13-14H2,1-2H3/t19-/m1/s1. The zero-order valence-corrected chi connectivity index (χ0v) is 18.9. The van der Waals surface area contributed by atoms with Crippen molar-refractivity contribution in [2.24, 2.45) is 0 Å². The number of hydrogen-bond donors (Lipinski definition) is 1. The molecule has 0 bridgehead atoms. The summed E-state index contributed by atoms with van der Waals surface area (Å²) in [6.07, 6.45) is 0.907. The molecule has 2 aromatic carbocycles. The lowest BCUT2D eigenvalue weighted by Crippen LogP contribution is -2.31. The van der Waals surface area contributed by atoms with Gasteiger partial charge in [0, 0.05) is 42.2 Å². The van der Waals surface area contributed by atoms with Crippen LogP contribution >= 0.6 is 23.2 Å². The second-order valence-corrected chi connectivity index (χ2v) is 9.89. The summed E-state index contributed by atoms with van der Waals surface area (Å²) in [4.78, 5) is 2.44. The SMILES string of the molecule is CCCOCCNS(=O)(=O)c1ccc([C@H]2CN(C)Cc3c(Cl)cc(Cl)cc32)cc1. The van der Waals surface area contributed by atoms with Crippen LogP contribution in [0.4, 0.5) is 0 Å². The number of nitrogens with one attached hydrogen (secondary N) is 1. The van der Waals surface area contributed by atoms with Gasteiger partial charge in [0.15, 0.2) is 0 Å². The normalized spacial score (nSPS) is 17.3. The molecule has 158 valence electrons. The van der Waals surface area contributed by atoms with Gasteiger partial charge in [0.05, 0.1) is 11.5 Å². The fourth-order valence-electron chi connectivity index (χ4n) is 3.59. The first-order valence-electron chi connectivity index (χ1n) is 9.65. The lowest BCUT2D eigenvalue weighted by atomic mass is 9.85. The Hall–Kier alpha value is -1.15. The maximum Gasteiger partial charge on any atom is 0.240 e. The van der Waals surface area contributed by atoms with Crippen LogP contribution in [0.25, 0.3) is 0 Å². The molecule has 8 heteroatoms. The Balaban J connectivity index is 1.79. The number of halogens is 2. The van der Waals surface area contributed by atoms with Gasteiger partial charge < -0.3 is 9.64 Å². The Morgan fingerprint density at radius 1 is 1.17 bits per heavy atom. The summed E-state index contributed by atoms with van der Waals surface area (Å²) in [6.45, 7) is 4.82. The highest BCUT2D eigenvalue weighted by Crippen LogP contribution is 2.38. The molecule has 1 aliphatic rings. The second kappa shape index (κ2) is 9.77. The molecule has 0 unspecified atom stereocenters. The van der Waals surface area contributed by atoms with Crippen molar-refractivity contribution in [3.8, 4) is 0 Å². The molecule has 2 aromatic rings. The minimum Gasteiger partial charge on any atom is -0.380 e. The van der Waals surface area contributed by atoms with Crippen LogP contribution in [-0.4, -0.2) is 46.7 Å². The first kappa shape index (κ1) is 22.5. The Morgan fingerprint density at radius 2 is 1.90 bits per heavy atom. The van der Waals surface area contributed by atoms with Crippen molar-refractivity contribution in [3.63, 3.8) is 0 Å². The zero-order valence-electron chi connectivity index (χ0n) is 16.6. The number of ether oxygens (including phenoxy) is 1. The number of likely N-dealkylation sites (N-methyl/N-ethyl adjacent to an activating group) is 1. The molecule has 0 aliphatic carbocycles. The summed E-state index contributed by atoms with van der Waals surface area (Å²) in [7, 11) is -1.52. The molecule has 5 nitrogen and oxygen atoms in total. The van der Waals surface area contributed by atoms with Gasteiger partial charge in [-0.3, -0.25) is 0 Å². The average molecular weight is 457 g/mol. The number of hydrogen-bond acceptors (Lipinski definition) is 4. The highest BCUT2D eigenvalue weighted by Gasteiger charge is 2.27. The Labute approximate surface area is 183 Å². The van der Waals surface area contributed by atoms with Crippen LogP contribution in [0.2, 0.25) is 10.0 Å². The van der Waals surface area contributed by atoms with E-state index in [4.69, 9.17) is 27.9 Å². The van der Waals surface area contributed by atoms with Crippen molar-refractivity contribution in [2.75, 3.05) is 33.4 Å². The third-order valence-corrected chi connectivity index (χ3v) is 7.00. The Kier molecular flexibility index (Phi) is 7.59. The molecule has 0 spiro atoms. The van der Waals surface area contributed by atoms with E-state index in [1.165, 1.54) is 0 Å². The first-order valence-corrected chi connectivity index (χ1v) is 11.9. The van der Waals surface area contributed by atoms with E-state index in [1.54, 1.807) is 18.2 Å². The lowest BCUT2D eigenvalue weighted by molar-refractivity contribution is 0.140. The Morgan fingerprint density at radius 3 is 2.59 bits per heavy atom. The van der Waals surface area contributed by atoms with Crippen molar-refractivity contribution in [2.45, 2.75) is 30.7 Å². The lowest BCUT2D eigenvalue weighted by Gasteiger charge is -2.33. The monoisotopic (exact) mass is 456 g/mol. The number of benzene rings is 2. The van der Waals surface area contributed by atoms with Gasteiger partial charge in [-0.05, 0) is 54.4 Å². The molecule has 0 radical (unpaired) electrons. The summed E-state index contributed by atoms with van der Waals surface area (Å²) in [6, 6.07) is 10.7. The fourth-order valence-corrected chi connectivity index (χ4v) is 5.17. The van der Waals surface area contributed by atoms with Gasteiger partial charge in [0.2, 0.25) is 10.0 Å². The van der Waals surface area contributed by atoms with Crippen LogP contribution < -0.4 is 4.72 Å². The molecule has 1 heterocycles. The van der Waals surface area contributed by atoms with Crippen LogP contribution in [0.5, 0.6) is 0 Å². The summed E-state index contributed by atoms with van der Waals surface area (Å²) < 4.78 is 32.9. The van der Waals surface area contributed by atoms with Crippen molar-refractivity contribution in [3.05, 3.63) is 63.1 Å². The van der Waals surface area contributed by atoms with E-state index in [-0.39, 0.29) is 17.4 Å². The number of fused-ring (bicyclic) bond motifs is 1. The molecular weight excluding hydrogens is 431 g/mol. The van der Waals surface area contributed by atoms with Gasteiger partial charge in [-0.25, -0.2) is 13.1 Å².